The normalized spacial score (nSPS) is 13.7. The fourth-order valence-electron chi connectivity index (χ4n) is 3.75. The van der Waals surface area contributed by atoms with Crippen LogP contribution in [0.2, 0.25) is 10.0 Å². The number of hydrogen-bond acceptors (Lipinski definition) is 3. The molecule has 32 heavy (non-hydrogen) atoms. The van der Waals surface area contributed by atoms with Crippen molar-refractivity contribution in [2.75, 3.05) is 36.4 Å². The summed E-state index contributed by atoms with van der Waals surface area (Å²) >= 11 is 12.5. The highest BCUT2D eigenvalue weighted by molar-refractivity contribution is 6.34. The third-order valence-corrected chi connectivity index (χ3v) is 6.08. The van der Waals surface area contributed by atoms with Crippen LogP contribution < -0.4 is 10.2 Å². The molecule has 2 amide bonds. The predicted molar refractivity (Wildman–Crippen MR) is 130 cm³/mol. The summed E-state index contributed by atoms with van der Waals surface area (Å²) in [6.45, 7) is 4.38. The second-order valence-corrected chi connectivity index (χ2v) is 8.59. The van der Waals surface area contributed by atoms with E-state index in [-0.39, 0.29) is 11.8 Å². The van der Waals surface area contributed by atoms with Crippen LogP contribution >= 0.6 is 23.2 Å². The van der Waals surface area contributed by atoms with Gasteiger partial charge in [-0.25, -0.2) is 0 Å². The highest BCUT2D eigenvalue weighted by Crippen LogP contribution is 2.35. The largest absolute Gasteiger partial charge is 0.365 e. The Morgan fingerprint density at radius 3 is 2.09 bits per heavy atom. The molecule has 1 saturated heterocycles. The molecular weight excluding hydrogens is 445 g/mol. The minimum Gasteiger partial charge on any atom is -0.365 e. The van der Waals surface area contributed by atoms with E-state index >= 15 is 0 Å². The molecular formula is C25H23Cl2N3O2. The zero-order chi connectivity index (χ0) is 22.7. The van der Waals surface area contributed by atoms with Crippen molar-refractivity contribution in [2.45, 2.75) is 6.92 Å². The summed E-state index contributed by atoms with van der Waals surface area (Å²) < 4.78 is 0. The van der Waals surface area contributed by atoms with Gasteiger partial charge in [0, 0.05) is 42.3 Å². The van der Waals surface area contributed by atoms with E-state index in [4.69, 9.17) is 23.2 Å². The quantitative estimate of drug-likeness (QED) is 0.549. The van der Waals surface area contributed by atoms with Gasteiger partial charge < -0.3 is 15.1 Å². The summed E-state index contributed by atoms with van der Waals surface area (Å²) in [5.41, 5.74) is 3.72. The van der Waals surface area contributed by atoms with Crippen molar-refractivity contribution in [3.8, 4) is 0 Å². The lowest BCUT2D eigenvalue weighted by molar-refractivity contribution is 0.0746. The number of carbonyl (C=O) groups excluding carboxylic acids is 2. The van der Waals surface area contributed by atoms with Crippen LogP contribution in [0.15, 0.2) is 66.7 Å². The third-order valence-electron chi connectivity index (χ3n) is 5.52. The molecule has 0 unspecified atom stereocenters. The Morgan fingerprint density at radius 1 is 0.812 bits per heavy atom. The second-order valence-electron chi connectivity index (χ2n) is 7.74. The van der Waals surface area contributed by atoms with E-state index in [2.05, 4.69) is 10.2 Å². The fourth-order valence-corrected chi connectivity index (χ4v) is 4.17. The van der Waals surface area contributed by atoms with E-state index in [0.717, 1.165) is 11.3 Å². The number of benzene rings is 3. The molecule has 0 saturated carbocycles. The molecule has 1 aliphatic rings. The third kappa shape index (κ3) is 4.90. The number of nitrogens with one attached hydrogen (secondary N) is 1. The molecule has 0 aliphatic carbocycles. The average molecular weight is 468 g/mol. The summed E-state index contributed by atoms with van der Waals surface area (Å²) in [7, 11) is 0. The summed E-state index contributed by atoms with van der Waals surface area (Å²) in [5, 5.41) is 4.09. The number of para-hydroxylation sites is 1. The molecule has 1 heterocycles. The van der Waals surface area contributed by atoms with E-state index in [0.29, 0.717) is 53.0 Å². The van der Waals surface area contributed by atoms with Gasteiger partial charge in [0.25, 0.3) is 11.8 Å². The molecule has 0 spiro atoms. The highest BCUT2D eigenvalue weighted by Gasteiger charge is 2.25. The van der Waals surface area contributed by atoms with Crippen LogP contribution in [0.25, 0.3) is 0 Å². The highest BCUT2D eigenvalue weighted by atomic mass is 35.5. The standard InChI is InChI=1S/C25H23Cl2N3O2/c1-17-5-7-19(8-6-17)25(32)30-15-13-29(14-16-30)23-21(27)3-2-4-22(23)28-24(31)18-9-11-20(26)12-10-18/h2-12H,13-16H2,1H3,(H,28,31). The molecule has 0 aromatic heterocycles. The first-order chi connectivity index (χ1) is 15.4. The molecule has 0 radical (unpaired) electrons. The van der Waals surface area contributed by atoms with E-state index in [9.17, 15) is 9.59 Å². The van der Waals surface area contributed by atoms with Gasteiger partial charge in [0.05, 0.1) is 16.4 Å². The molecule has 7 heteroatoms. The summed E-state index contributed by atoms with van der Waals surface area (Å²) in [4.78, 5) is 29.5. The maximum Gasteiger partial charge on any atom is 0.255 e. The minimum absolute atomic E-state index is 0.0278. The maximum atomic E-state index is 12.8. The first-order valence-corrected chi connectivity index (χ1v) is 11.1. The number of carbonyl (C=O) groups is 2. The van der Waals surface area contributed by atoms with Gasteiger partial charge in [0.15, 0.2) is 0 Å². The summed E-state index contributed by atoms with van der Waals surface area (Å²) in [5.74, 6) is -0.210. The van der Waals surface area contributed by atoms with Crippen molar-refractivity contribution in [2.24, 2.45) is 0 Å². The number of rotatable bonds is 4. The molecule has 1 fully saturated rings. The molecule has 3 aromatic carbocycles. The van der Waals surface area contributed by atoms with Gasteiger partial charge in [-0.1, -0.05) is 47.0 Å². The Hall–Kier alpha value is -3.02. The van der Waals surface area contributed by atoms with Crippen molar-refractivity contribution in [1.82, 2.24) is 4.90 Å². The second kappa shape index (κ2) is 9.63. The lowest BCUT2D eigenvalue weighted by Gasteiger charge is -2.37. The molecule has 1 aliphatic heterocycles. The van der Waals surface area contributed by atoms with Crippen LogP contribution in [0.3, 0.4) is 0 Å². The van der Waals surface area contributed by atoms with Crippen LogP contribution in [0.1, 0.15) is 26.3 Å². The number of nitrogens with zero attached hydrogens (tertiary/aromatic N) is 2. The number of halogens is 2. The van der Waals surface area contributed by atoms with Crippen LogP contribution in [-0.4, -0.2) is 42.9 Å². The Kier molecular flexibility index (Phi) is 6.68. The summed E-state index contributed by atoms with van der Waals surface area (Å²) in [6, 6.07) is 19.8. The number of piperazine rings is 1. The molecule has 5 nitrogen and oxygen atoms in total. The maximum absolute atomic E-state index is 12.8. The predicted octanol–water partition coefficient (Wildman–Crippen LogP) is 5.52. The van der Waals surface area contributed by atoms with Crippen LogP contribution in [-0.2, 0) is 0 Å². The smallest absolute Gasteiger partial charge is 0.255 e. The van der Waals surface area contributed by atoms with Gasteiger partial charge in [-0.2, -0.15) is 0 Å². The van der Waals surface area contributed by atoms with Gasteiger partial charge >= 0.3 is 0 Å². The molecule has 1 N–H and O–H groups in total. The molecule has 0 bridgehead atoms. The number of aryl methyl sites for hydroxylation is 1. The van der Waals surface area contributed by atoms with Crippen LogP contribution in [0.4, 0.5) is 11.4 Å². The zero-order valence-electron chi connectivity index (χ0n) is 17.6. The van der Waals surface area contributed by atoms with Crippen LogP contribution in [0.5, 0.6) is 0 Å². The topological polar surface area (TPSA) is 52.7 Å². The average Bonchev–Trinajstić information content (AvgIpc) is 2.80. The molecule has 164 valence electrons. The van der Waals surface area contributed by atoms with Gasteiger partial charge in [-0.15, -0.1) is 0 Å². The number of anilines is 2. The van der Waals surface area contributed by atoms with Crippen molar-refractivity contribution < 1.29 is 9.59 Å². The monoisotopic (exact) mass is 467 g/mol. The zero-order valence-corrected chi connectivity index (χ0v) is 19.2. The van der Waals surface area contributed by atoms with Crippen molar-refractivity contribution in [3.05, 3.63) is 93.5 Å². The lowest BCUT2D eigenvalue weighted by Crippen LogP contribution is -2.49. The lowest BCUT2D eigenvalue weighted by atomic mass is 10.1. The van der Waals surface area contributed by atoms with Gasteiger partial charge in [-0.3, -0.25) is 9.59 Å². The minimum atomic E-state index is -0.238. The first kappa shape index (κ1) is 22.2. The van der Waals surface area contributed by atoms with Gasteiger partial charge in [0.2, 0.25) is 0 Å². The number of amides is 2. The van der Waals surface area contributed by atoms with E-state index in [1.807, 2.05) is 42.2 Å². The fraction of sp³-hybridized carbons (Fsp3) is 0.200. The van der Waals surface area contributed by atoms with Gasteiger partial charge in [0.1, 0.15) is 0 Å². The SMILES string of the molecule is Cc1ccc(C(=O)N2CCN(c3c(Cl)cccc3NC(=O)c3ccc(Cl)cc3)CC2)cc1. The Bertz CT molecular complexity index is 1120. The van der Waals surface area contributed by atoms with E-state index < -0.39 is 0 Å². The summed E-state index contributed by atoms with van der Waals surface area (Å²) in [6.07, 6.45) is 0. The number of hydrogen-bond donors (Lipinski definition) is 1. The van der Waals surface area contributed by atoms with Crippen LogP contribution in [0, 0.1) is 6.92 Å². The van der Waals surface area contributed by atoms with Crippen molar-refractivity contribution >= 4 is 46.4 Å². The first-order valence-electron chi connectivity index (χ1n) is 10.4. The molecule has 4 rings (SSSR count). The van der Waals surface area contributed by atoms with E-state index in [1.54, 1.807) is 36.4 Å². The van der Waals surface area contributed by atoms with Gasteiger partial charge in [-0.05, 0) is 55.5 Å². The molecule has 0 atom stereocenters. The van der Waals surface area contributed by atoms with Crippen molar-refractivity contribution in [1.29, 1.82) is 0 Å². The molecule has 3 aromatic rings. The Morgan fingerprint density at radius 2 is 1.44 bits per heavy atom. The Balaban J connectivity index is 1.47. The van der Waals surface area contributed by atoms with E-state index in [1.165, 1.54) is 0 Å². The Labute approximate surface area is 197 Å². The van der Waals surface area contributed by atoms with Crippen molar-refractivity contribution in [3.63, 3.8) is 0 Å².